The largest absolute Gasteiger partial charge is 0.320 e. The van der Waals surface area contributed by atoms with Crippen molar-refractivity contribution in [3.05, 3.63) is 101 Å². The van der Waals surface area contributed by atoms with Gasteiger partial charge in [0.05, 0.1) is 21.7 Å². The van der Waals surface area contributed by atoms with Crippen LogP contribution >= 0.6 is 0 Å². The summed E-state index contributed by atoms with van der Waals surface area (Å²) < 4.78 is 0. The van der Waals surface area contributed by atoms with E-state index in [0.717, 1.165) is 5.39 Å². The maximum absolute atomic E-state index is 13.0. The summed E-state index contributed by atoms with van der Waals surface area (Å²) in [5.74, 6) is -0.355. The van der Waals surface area contributed by atoms with Crippen molar-refractivity contribution in [2.75, 3.05) is 5.32 Å². The highest BCUT2D eigenvalue weighted by molar-refractivity contribution is 6.11. The fraction of sp³-hybridized carbons (Fsp3) is 0. The average molecular weight is 369 g/mol. The molecule has 0 unspecified atom stereocenters. The number of aromatic nitrogens is 1. The van der Waals surface area contributed by atoms with Gasteiger partial charge in [0, 0.05) is 28.8 Å². The Bertz CT molecular complexity index is 1200. The van der Waals surface area contributed by atoms with Gasteiger partial charge in [-0.2, -0.15) is 0 Å². The first kappa shape index (κ1) is 17.4. The average Bonchev–Trinajstić information content (AvgIpc) is 2.74. The Morgan fingerprint density at radius 1 is 0.857 bits per heavy atom. The van der Waals surface area contributed by atoms with Crippen molar-refractivity contribution in [3.63, 3.8) is 0 Å². The number of amides is 1. The number of hydrogen-bond acceptors (Lipinski definition) is 4. The van der Waals surface area contributed by atoms with Crippen LogP contribution in [0.2, 0.25) is 0 Å². The van der Waals surface area contributed by atoms with Crippen molar-refractivity contribution in [1.29, 1.82) is 0 Å². The van der Waals surface area contributed by atoms with Crippen LogP contribution in [0.25, 0.3) is 22.0 Å². The van der Waals surface area contributed by atoms with Crippen molar-refractivity contribution in [3.8, 4) is 11.1 Å². The lowest BCUT2D eigenvalue weighted by atomic mass is 9.97. The smallest absolute Gasteiger partial charge is 0.277 e. The number of rotatable bonds is 4. The van der Waals surface area contributed by atoms with E-state index in [1.54, 1.807) is 54.7 Å². The van der Waals surface area contributed by atoms with Gasteiger partial charge in [0.25, 0.3) is 11.6 Å². The maximum atomic E-state index is 13.0. The lowest BCUT2D eigenvalue weighted by molar-refractivity contribution is -0.384. The Morgan fingerprint density at radius 2 is 1.57 bits per heavy atom. The molecule has 0 saturated carbocycles. The summed E-state index contributed by atoms with van der Waals surface area (Å²) in [7, 11) is 0. The van der Waals surface area contributed by atoms with E-state index in [1.807, 2.05) is 24.3 Å². The molecule has 0 radical (unpaired) electrons. The van der Waals surface area contributed by atoms with E-state index in [0.29, 0.717) is 27.9 Å². The molecule has 4 rings (SSSR count). The molecule has 0 aliphatic rings. The molecule has 136 valence electrons. The predicted octanol–water partition coefficient (Wildman–Crippen LogP) is 5.06. The number of nitrogens with zero attached hydrogens (tertiary/aromatic N) is 2. The molecule has 28 heavy (non-hydrogen) atoms. The topological polar surface area (TPSA) is 85.1 Å². The first-order valence-electron chi connectivity index (χ1n) is 8.63. The minimum atomic E-state index is -0.446. The second-order valence-corrected chi connectivity index (χ2v) is 6.15. The van der Waals surface area contributed by atoms with Crippen LogP contribution in [0.5, 0.6) is 0 Å². The standard InChI is InChI=1S/C22H15N3O3/c26-22(24-19-12-5-7-15-8-6-14-23-21(15)19)18-11-2-1-9-16(18)17-10-3-4-13-20(17)25(27)28/h1-14H,(H,24,26). The lowest BCUT2D eigenvalue weighted by Crippen LogP contribution is -2.13. The third-order valence-electron chi connectivity index (χ3n) is 4.44. The number of nitro benzene ring substituents is 1. The molecule has 1 N–H and O–H groups in total. The van der Waals surface area contributed by atoms with Gasteiger partial charge in [-0.05, 0) is 24.3 Å². The van der Waals surface area contributed by atoms with E-state index >= 15 is 0 Å². The number of pyridine rings is 1. The predicted molar refractivity (Wildman–Crippen MR) is 108 cm³/mol. The van der Waals surface area contributed by atoms with Crippen molar-refractivity contribution < 1.29 is 9.72 Å². The molecular formula is C22H15N3O3. The molecule has 0 spiro atoms. The van der Waals surface area contributed by atoms with Crippen molar-refractivity contribution in [2.24, 2.45) is 0 Å². The summed E-state index contributed by atoms with van der Waals surface area (Å²) in [6.45, 7) is 0. The zero-order valence-corrected chi connectivity index (χ0v) is 14.7. The van der Waals surface area contributed by atoms with Crippen LogP contribution in [0.1, 0.15) is 10.4 Å². The molecule has 0 bridgehead atoms. The number of fused-ring (bicyclic) bond motifs is 1. The highest BCUT2D eigenvalue weighted by Gasteiger charge is 2.20. The summed E-state index contributed by atoms with van der Waals surface area (Å²) in [6, 6.07) is 22.5. The molecule has 0 atom stereocenters. The van der Waals surface area contributed by atoms with Crippen LogP contribution in [-0.2, 0) is 0 Å². The summed E-state index contributed by atoms with van der Waals surface area (Å²) in [4.78, 5) is 28.3. The molecule has 6 nitrogen and oxygen atoms in total. The fourth-order valence-electron chi connectivity index (χ4n) is 3.17. The van der Waals surface area contributed by atoms with Gasteiger partial charge in [-0.1, -0.05) is 48.5 Å². The Hall–Kier alpha value is -4.06. The number of carbonyl (C=O) groups is 1. The Balaban J connectivity index is 1.77. The van der Waals surface area contributed by atoms with E-state index in [1.165, 1.54) is 6.07 Å². The monoisotopic (exact) mass is 369 g/mol. The molecule has 0 fully saturated rings. The first-order valence-corrected chi connectivity index (χ1v) is 8.63. The molecule has 1 amide bonds. The summed E-state index contributed by atoms with van der Waals surface area (Å²) in [6.07, 6.45) is 1.67. The summed E-state index contributed by atoms with van der Waals surface area (Å²) in [5, 5.41) is 15.2. The van der Waals surface area contributed by atoms with Gasteiger partial charge < -0.3 is 5.32 Å². The molecule has 0 aliphatic carbocycles. The molecule has 6 heteroatoms. The second kappa shape index (κ2) is 7.28. The Labute approximate surface area is 160 Å². The number of nitrogens with one attached hydrogen (secondary N) is 1. The molecule has 3 aromatic carbocycles. The zero-order chi connectivity index (χ0) is 19.5. The highest BCUT2D eigenvalue weighted by Crippen LogP contribution is 2.32. The van der Waals surface area contributed by atoms with Crippen LogP contribution in [0, 0.1) is 10.1 Å². The van der Waals surface area contributed by atoms with Gasteiger partial charge in [-0.3, -0.25) is 19.9 Å². The third kappa shape index (κ3) is 3.19. The van der Waals surface area contributed by atoms with E-state index < -0.39 is 4.92 Å². The number of para-hydroxylation sites is 2. The molecule has 0 aliphatic heterocycles. The maximum Gasteiger partial charge on any atom is 0.277 e. The third-order valence-corrected chi connectivity index (χ3v) is 4.44. The van der Waals surface area contributed by atoms with Gasteiger partial charge in [-0.25, -0.2) is 0 Å². The van der Waals surface area contributed by atoms with Crippen LogP contribution in [-0.4, -0.2) is 15.8 Å². The molecule has 1 heterocycles. The van der Waals surface area contributed by atoms with Gasteiger partial charge in [0.1, 0.15) is 0 Å². The Kier molecular flexibility index (Phi) is 4.51. The van der Waals surface area contributed by atoms with Crippen molar-refractivity contribution >= 4 is 28.2 Å². The quantitative estimate of drug-likeness (QED) is 0.402. The van der Waals surface area contributed by atoms with Crippen LogP contribution < -0.4 is 5.32 Å². The van der Waals surface area contributed by atoms with Crippen LogP contribution in [0.3, 0.4) is 0 Å². The van der Waals surface area contributed by atoms with Gasteiger partial charge in [-0.15, -0.1) is 0 Å². The number of carbonyl (C=O) groups excluding carboxylic acids is 1. The summed E-state index contributed by atoms with van der Waals surface area (Å²) in [5.41, 5.74) is 2.47. The van der Waals surface area contributed by atoms with Crippen molar-refractivity contribution in [1.82, 2.24) is 4.98 Å². The van der Waals surface area contributed by atoms with Crippen LogP contribution in [0.4, 0.5) is 11.4 Å². The Morgan fingerprint density at radius 3 is 2.39 bits per heavy atom. The number of benzene rings is 3. The van der Waals surface area contributed by atoms with E-state index in [-0.39, 0.29) is 11.6 Å². The number of nitro groups is 1. The highest BCUT2D eigenvalue weighted by atomic mass is 16.6. The van der Waals surface area contributed by atoms with E-state index in [4.69, 9.17) is 0 Å². The minimum Gasteiger partial charge on any atom is -0.320 e. The SMILES string of the molecule is O=C(Nc1cccc2cccnc12)c1ccccc1-c1ccccc1[N+](=O)[O-]. The number of hydrogen-bond donors (Lipinski definition) is 1. The summed E-state index contributed by atoms with van der Waals surface area (Å²) >= 11 is 0. The fourth-order valence-corrected chi connectivity index (χ4v) is 3.17. The number of anilines is 1. The molecule has 4 aromatic rings. The minimum absolute atomic E-state index is 0.0467. The second-order valence-electron chi connectivity index (χ2n) is 6.15. The van der Waals surface area contributed by atoms with Gasteiger partial charge in [0.2, 0.25) is 0 Å². The molecular weight excluding hydrogens is 354 g/mol. The normalized spacial score (nSPS) is 10.6. The zero-order valence-electron chi connectivity index (χ0n) is 14.7. The van der Waals surface area contributed by atoms with E-state index in [2.05, 4.69) is 10.3 Å². The molecule has 0 saturated heterocycles. The molecule has 1 aromatic heterocycles. The first-order chi connectivity index (χ1) is 13.6. The van der Waals surface area contributed by atoms with Crippen molar-refractivity contribution in [2.45, 2.75) is 0 Å². The van der Waals surface area contributed by atoms with E-state index in [9.17, 15) is 14.9 Å². The van der Waals surface area contributed by atoms with Gasteiger partial charge in [0.15, 0.2) is 0 Å². The van der Waals surface area contributed by atoms with Gasteiger partial charge >= 0.3 is 0 Å². The van der Waals surface area contributed by atoms with Crippen LogP contribution in [0.15, 0.2) is 85.1 Å². The lowest BCUT2D eigenvalue weighted by Gasteiger charge is -2.12.